The molecule has 2 bridgehead atoms. The summed E-state index contributed by atoms with van der Waals surface area (Å²) in [5.41, 5.74) is 0. The van der Waals surface area contributed by atoms with E-state index in [1.165, 1.54) is 32.5 Å². The molecule has 0 saturated carbocycles. The summed E-state index contributed by atoms with van der Waals surface area (Å²) in [5.74, 6) is 2.82. The van der Waals surface area contributed by atoms with Crippen LogP contribution in [0.15, 0.2) is 23.8 Å². The second-order valence-corrected chi connectivity index (χ2v) is 5.39. The minimum Gasteiger partial charge on any atom is -0.456 e. The highest BCUT2D eigenvalue weighted by molar-refractivity contribution is 5.24. The molecule has 3 saturated heterocycles. The van der Waals surface area contributed by atoms with E-state index in [1.807, 2.05) is 0 Å². The molecule has 0 aromatic heterocycles. The van der Waals surface area contributed by atoms with Gasteiger partial charge in [0.2, 0.25) is 6.79 Å². The van der Waals surface area contributed by atoms with Crippen LogP contribution in [0.4, 0.5) is 0 Å². The smallest absolute Gasteiger partial charge is 0.230 e. The van der Waals surface area contributed by atoms with Crippen LogP contribution in [0.2, 0.25) is 0 Å². The number of allylic oxidation sites excluding steroid dienone is 1. The van der Waals surface area contributed by atoms with E-state index in [-0.39, 0.29) is 0 Å². The van der Waals surface area contributed by atoms with Crippen LogP contribution < -0.4 is 0 Å². The van der Waals surface area contributed by atoms with E-state index >= 15 is 0 Å². The van der Waals surface area contributed by atoms with Crippen molar-refractivity contribution in [2.45, 2.75) is 18.9 Å². The zero-order chi connectivity index (χ0) is 11.2. The molecule has 5 aliphatic rings. The Morgan fingerprint density at radius 1 is 1.18 bits per heavy atom. The number of fused-ring (bicyclic) bond motifs is 3. The molecular weight excluding hydrogens is 216 g/mol. The maximum atomic E-state index is 5.51. The molecule has 1 atom stereocenters. The van der Waals surface area contributed by atoms with Gasteiger partial charge in [0.25, 0.3) is 0 Å². The van der Waals surface area contributed by atoms with E-state index in [1.54, 1.807) is 0 Å². The van der Waals surface area contributed by atoms with Crippen LogP contribution in [0.25, 0.3) is 0 Å². The number of ether oxygens (including phenoxy) is 2. The van der Waals surface area contributed by atoms with E-state index in [2.05, 4.69) is 22.1 Å². The van der Waals surface area contributed by atoms with Crippen LogP contribution in [-0.4, -0.2) is 48.8 Å². The molecule has 0 aliphatic carbocycles. The van der Waals surface area contributed by atoms with Crippen molar-refractivity contribution in [1.29, 1.82) is 0 Å². The van der Waals surface area contributed by atoms with Gasteiger partial charge in [0.05, 0.1) is 6.54 Å². The summed E-state index contributed by atoms with van der Waals surface area (Å²) >= 11 is 0. The maximum Gasteiger partial charge on any atom is 0.230 e. The van der Waals surface area contributed by atoms with Crippen molar-refractivity contribution in [2.75, 3.05) is 33.0 Å². The molecular formula is C13H18N2O2. The van der Waals surface area contributed by atoms with Gasteiger partial charge < -0.3 is 19.3 Å². The first-order valence-electron chi connectivity index (χ1n) is 6.55. The molecule has 5 rings (SSSR count). The molecule has 92 valence electrons. The van der Waals surface area contributed by atoms with Gasteiger partial charge in [-0.05, 0) is 37.9 Å². The van der Waals surface area contributed by atoms with Crippen molar-refractivity contribution in [1.82, 2.24) is 9.80 Å². The highest BCUT2D eigenvalue weighted by Crippen LogP contribution is 2.33. The van der Waals surface area contributed by atoms with Crippen molar-refractivity contribution in [2.24, 2.45) is 5.92 Å². The van der Waals surface area contributed by atoms with E-state index in [9.17, 15) is 0 Å². The van der Waals surface area contributed by atoms with Crippen molar-refractivity contribution >= 4 is 0 Å². The fourth-order valence-corrected chi connectivity index (χ4v) is 3.50. The van der Waals surface area contributed by atoms with Gasteiger partial charge in [0.1, 0.15) is 0 Å². The van der Waals surface area contributed by atoms with Gasteiger partial charge in [-0.1, -0.05) is 0 Å². The second-order valence-electron chi connectivity index (χ2n) is 5.39. The zero-order valence-corrected chi connectivity index (χ0v) is 9.97. The van der Waals surface area contributed by atoms with Crippen LogP contribution in [0.3, 0.4) is 0 Å². The Morgan fingerprint density at radius 3 is 2.82 bits per heavy atom. The Morgan fingerprint density at radius 2 is 2.06 bits per heavy atom. The molecule has 5 heterocycles. The number of nitrogens with zero attached hydrogens (tertiary/aromatic N) is 2. The lowest BCUT2D eigenvalue weighted by Crippen LogP contribution is -2.56. The second kappa shape index (κ2) is 3.67. The highest BCUT2D eigenvalue weighted by atomic mass is 16.7. The quantitative estimate of drug-likeness (QED) is 0.679. The summed E-state index contributed by atoms with van der Waals surface area (Å²) in [7, 11) is 0. The van der Waals surface area contributed by atoms with E-state index < -0.39 is 0 Å². The third kappa shape index (κ3) is 1.54. The first-order chi connectivity index (χ1) is 8.40. The van der Waals surface area contributed by atoms with Crippen molar-refractivity contribution in [3.63, 3.8) is 0 Å². The van der Waals surface area contributed by atoms with Gasteiger partial charge in [-0.15, -0.1) is 0 Å². The molecule has 17 heavy (non-hydrogen) atoms. The van der Waals surface area contributed by atoms with Gasteiger partial charge in [-0.2, -0.15) is 0 Å². The minimum atomic E-state index is 0.392. The minimum absolute atomic E-state index is 0.392. The highest BCUT2D eigenvalue weighted by Gasteiger charge is 2.38. The van der Waals surface area contributed by atoms with Crippen molar-refractivity contribution in [3.8, 4) is 0 Å². The Bertz CT molecular complexity index is 383. The van der Waals surface area contributed by atoms with E-state index in [0.29, 0.717) is 12.8 Å². The van der Waals surface area contributed by atoms with E-state index in [4.69, 9.17) is 9.47 Å². The van der Waals surface area contributed by atoms with Crippen molar-refractivity contribution in [3.05, 3.63) is 23.8 Å². The fraction of sp³-hybridized carbons (Fsp3) is 0.692. The number of hydrogen-bond acceptors (Lipinski definition) is 4. The number of piperidine rings is 3. The fourth-order valence-electron chi connectivity index (χ4n) is 3.50. The summed E-state index contributed by atoms with van der Waals surface area (Å²) in [6, 6.07) is 0.673. The third-order valence-corrected chi connectivity index (χ3v) is 4.51. The van der Waals surface area contributed by atoms with E-state index in [0.717, 1.165) is 24.0 Å². The van der Waals surface area contributed by atoms with Crippen LogP contribution in [-0.2, 0) is 9.47 Å². The summed E-state index contributed by atoms with van der Waals surface area (Å²) in [4.78, 5) is 5.04. The lowest BCUT2D eigenvalue weighted by atomic mass is 9.83. The first kappa shape index (κ1) is 9.83. The van der Waals surface area contributed by atoms with Crippen LogP contribution in [0, 0.1) is 5.92 Å². The summed E-state index contributed by atoms with van der Waals surface area (Å²) < 4.78 is 10.9. The standard InChI is InChI=1S/C13H18N2O2/c1-4-14-5-2-10(1)11(7-14)15-6-3-12-13(8-15)17-9-16-12/h3,6,10-11H,1-2,4-5,7-9H2/t11-/m0/s1. The molecule has 0 amide bonds. The van der Waals surface area contributed by atoms with Gasteiger partial charge in [-0.25, -0.2) is 0 Å². The number of rotatable bonds is 1. The lowest BCUT2D eigenvalue weighted by molar-refractivity contribution is 0.0208. The molecule has 0 aromatic carbocycles. The maximum absolute atomic E-state index is 5.51. The monoisotopic (exact) mass is 234 g/mol. The van der Waals surface area contributed by atoms with Crippen LogP contribution in [0.5, 0.6) is 0 Å². The average Bonchev–Trinajstić information content (AvgIpc) is 2.87. The molecule has 4 heteroatoms. The van der Waals surface area contributed by atoms with Crippen LogP contribution >= 0.6 is 0 Å². The summed E-state index contributed by atoms with van der Waals surface area (Å²) in [6.45, 7) is 5.10. The van der Waals surface area contributed by atoms with Crippen LogP contribution in [0.1, 0.15) is 12.8 Å². The summed E-state index contributed by atoms with van der Waals surface area (Å²) in [5, 5.41) is 0. The Balaban J connectivity index is 1.52. The largest absolute Gasteiger partial charge is 0.456 e. The molecule has 4 nitrogen and oxygen atoms in total. The lowest BCUT2D eigenvalue weighted by Gasteiger charge is -2.49. The van der Waals surface area contributed by atoms with Gasteiger partial charge in [-0.3, -0.25) is 0 Å². The average molecular weight is 234 g/mol. The van der Waals surface area contributed by atoms with Crippen molar-refractivity contribution < 1.29 is 9.47 Å². The molecule has 0 aromatic rings. The molecule has 0 unspecified atom stereocenters. The van der Waals surface area contributed by atoms with Gasteiger partial charge in [0, 0.05) is 18.8 Å². The summed E-state index contributed by atoms with van der Waals surface area (Å²) in [6.07, 6.45) is 6.97. The predicted molar refractivity (Wildman–Crippen MR) is 62.9 cm³/mol. The molecule has 5 aliphatic heterocycles. The number of hydrogen-bond donors (Lipinski definition) is 0. The van der Waals surface area contributed by atoms with Gasteiger partial charge >= 0.3 is 0 Å². The molecule has 0 radical (unpaired) electrons. The molecule has 3 fully saturated rings. The zero-order valence-electron chi connectivity index (χ0n) is 9.97. The molecule has 0 spiro atoms. The predicted octanol–water partition coefficient (Wildman–Crippen LogP) is 1.13. The Hall–Kier alpha value is -1.16. The Kier molecular flexibility index (Phi) is 2.12. The van der Waals surface area contributed by atoms with Gasteiger partial charge in [0.15, 0.2) is 11.5 Å². The molecule has 0 N–H and O–H groups in total. The Labute approximate surface area is 101 Å². The first-order valence-corrected chi connectivity index (χ1v) is 6.55. The normalized spacial score (nSPS) is 39.1. The topological polar surface area (TPSA) is 24.9 Å². The third-order valence-electron chi connectivity index (χ3n) is 4.51. The SMILES string of the molecule is C1=CN([C@H]2CN3CCC2CC3)CC2=C1OCO2.